The number of hydrogen-bond acceptors (Lipinski definition) is 7. The van der Waals surface area contributed by atoms with Crippen LogP contribution in [0.5, 0.6) is 5.75 Å². The molecule has 2 heterocycles. The van der Waals surface area contributed by atoms with Crippen molar-refractivity contribution in [2.24, 2.45) is 0 Å². The molecule has 9 heteroatoms. The summed E-state index contributed by atoms with van der Waals surface area (Å²) in [6.07, 6.45) is 0.824. The van der Waals surface area contributed by atoms with Crippen LogP contribution in [0.15, 0.2) is 34.9 Å². The standard InChI is InChI=1S/C24H25ClFN3O4/c1-4-31-21(30)8-6-15-12-27-22-17(15)10-16(26)11-18(22)23-28-24(33-29-23)14-5-7-20(19(25)9-14)32-13(2)3/h5,7,9-11,13,15,27H,4,6,8,12H2,1-3H3. The first-order chi connectivity index (χ1) is 15.9. The minimum absolute atomic E-state index is 0.00736. The Morgan fingerprint density at radius 1 is 1.33 bits per heavy atom. The van der Waals surface area contributed by atoms with Gasteiger partial charge in [0.2, 0.25) is 5.82 Å². The molecule has 0 fully saturated rings. The molecule has 4 rings (SSSR count). The minimum Gasteiger partial charge on any atom is -0.489 e. The van der Waals surface area contributed by atoms with Gasteiger partial charge < -0.3 is 19.3 Å². The second kappa shape index (κ2) is 9.79. The SMILES string of the molecule is CCOC(=O)CCC1CNc2c(-c3noc(-c4ccc(OC(C)C)c(Cl)c4)n3)cc(F)cc21. The zero-order chi connectivity index (χ0) is 23.5. The van der Waals surface area contributed by atoms with E-state index in [0.29, 0.717) is 41.5 Å². The summed E-state index contributed by atoms with van der Waals surface area (Å²) in [5.41, 5.74) is 2.67. The number of aromatic nitrogens is 2. The van der Waals surface area contributed by atoms with Gasteiger partial charge in [-0.05, 0) is 63.1 Å². The summed E-state index contributed by atoms with van der Waals surface area (Å²) in [5, 5.41) is 7.80. The van der Waals surface area contributed by atoms with Gasteiger partial charge in [-0.2, -0.15) is 4.98 Å². The van der Waals surface area contributed by atoms with E-state index in [1.54, 1.807) is 25.1 Å². The molecule has 174 valence electrons. The molecule has 0 saturated carbocycles. The molecule has 2 aromatic carbocycles. The highest BCUT2D eigenvalue weighted by Crippen LogP contribution is 2.41. The van der Waals surface area contributed by atoms with Gasteiger partial charge in [-0.15, -0.1) is 0 Å². The Hall–Kier alpha value is -3.13. The number of rotatable bonds is 8. The van der Waals surface area contributed by atoms with Gasteiger partial charge in [-0.25, -0.2) is 4.39 Å². The Bertz CT molecular complexity index is 1160. The van der Waals surface area contributed by atoms with E-state index in [4.69, 9.17) is 25.6 Å². The second-order valence-electron chi connectivity index (χ2n) is 8.07. The van der Waals surface area contributed by atoms with Crippen LogP contribution >= 0.6 is 11.6 Å². The van der Waals surface area contributed by atoms with E-state index in [2.05, 4.69) is 15.5 Å². The molecule has 0 amide bonds. The highest BCUT2D eigenvalue weighted by atomic mass is 35.5. The number of carbonyl (C=O) groups excluding carboxylic acids is 1. The Labute approximate surface area is 196 Å². The van der Waals surface area contributed by atoms with E-state index in [9.17, 15) is 9.18 Å². The van der Waals surface area contributed by atoms with Crippen LogP contribution in [-0.4, -0.2) is 35.4 Å². The number of esters is 1. The lowest BCUT2D eigenvalue weighted by molar-refractivity contribution is -0.143. The first-order valence-electron chi connectivity index (χ1n) is 10.9. The summed E-state index contributed by atoms with van der Waals surface area (Å²) in [6, 6.07) is 8.08. The number of hydrogen-bond donors (Lipinski definition) is 1. The number of nitrogens with one attached hydrogen (secondary N) is 1. The van der Waals surface area contributed by atoms with E-state index in [0.717, 1.165) is 11.3 Å². The van der Waals surface area contributed by atoms with Crippen LogP contribution in [0.4, 0.5) is 10.1 Å². The van der Waals surface area contributed by atoms with E-state index < -0.39 is 5.82 Å². The monoisotopic (exact) mass is 473 g/mol. The fourth-order valence-corrected chi connectivity index (χ4v) is 4.10. The van der Waals surface area contributed by atoms with Gasteiger partial charge in [0.15, 0.2) is 0 Å². The molecule has 1 aliphatic heterocycles. The Balaban J connectivity index is 1.59. The van der Waals surface area contributed by atoms with Crippen molar-refractivity contribution >= 4 is 23.3 Å². The fourth-order valence-electron chi connectivity index (χ4n) is 3.88. The van der Waals surface area contributed by atoms with Crippen LogP contribution in [0.1, 0.15) is 45.1 Å². The molecule has 1 aromatic heterocycles. The summed E-state index contributed by atoms with van der Waals surface area (Å²) >= 11 is 6.33. The number of nitrogens with zero attached hydrogens (tertiary/aromatic N) is 2. The van der Waals surface area contributed by atoms with Gasteiger partial charge in [-0.1, -0.05) is 16.8 Å². The van der Waals surface area contributed by atoms with Crippen LogP contribution < -0.4 is 10.1 Å². The third-order valence-corrected chi connectivity index (χ3v) is 5.60. The van der Waals surface area contributed by atoms with Gasteiger partial charge in [0.25, 0.3) is 5.89 Å². The van der Waals surface area contributed by atoms with Crippen molar-refractivity contribution in [3.05, 3.63) is 46.7 Å². The molecule has 1 N–H and O–H groups in total. The first kappa shape index (κ1) is 23.0. The lowest BCUT2D eigenvalue weighted by atomic mass is 9.94. The van der Waals surface area contributed by atoms with E-state index in [1.165, 1.54) is 12.1 Å². The highest BCUT2D eigenvalue weighted by Gasteiger charge is 2.28. The average Bonchev–Trinajstić information content (AvgIpc) is 3.40. The van der Waals surface area contributed by atoms with Crippen molar-refractivity contribution in [3.63, 3.8) is 0 Å². The predicted molar refractivity (Wildman–Crippen MR) is 123 cm³/mol. The van der Waals surface area contributed by atoms with Crippen molar-refractivity contribution < 1.29 is 23.2 Å². The van der Waals surface area contributed by atoms with Crippen molar-refractivity contribution in [2.75, 3.05) is 18.5 Å². The zero-order valence-corrected chi connectivity index (χ0v) is 19.4. The number of carbonyl (C=O) groups is 1. The van der Waals surface area contributed by atoms with Crippen molar-refractivity contribution in [3.8, 4) is 28.6 Å². The van der Waals surface area contributed by atoms with Crippen molar-refractivity contribution in [2.45, 2.75) is 45.6 Å². The topological polar surface area (TPSA) is 86.5 Å². The van der Waals surface area contributed by atoms with Gasteiger partial charge in [0, 0.05) is 35.7 Å². The van der Waals surface area contributed by atoms with Crippen molar-refractivity contribution in [1.29, 1.82) is 0 Å². The number of halogens is 2. The fraction of sp³-hybridized carbons (Fsp3) is 0.375. The molecule has 1 atom stereocenters. The van der Waals surface area contributed by atoms with Gasteiger partial charge in [0.1, 0.15) is 11.6 Å². The average molecular weight is 474 g/mol. The molecule has 0 aliphatic carbocycles. The predicted octanol–water partition coefficient (Wildman–Crippen LogP) is 5.84. The van der Waals surface area contributed by atoms with Crippen molar-refractivity contribution in [1.82, 2.24) is 10.1 Å². The summed E-state index contributed by atoms with van der Waals surface area (Å²) in [5.74, 6) is 0.413. The summed E-state index contributed by atoms with van der Waals surface area (Å²) in [6.45, 7) is 6.54. The number of fused-ring (bicyclic) bond motifs is 1. The summed E-state index contributed by atoms with van der Waals surface area (Å²) < 4.78 is 30.6. The van der Waals surface area contributed by atoms with E-state index >= 15 is 0 Å². The molecule has 0 radical (unpaired) electrons. The molecule has 1 aliphatic rings. The van der Waals surface area contributed by atoms with Crippen LogP contribution in [0, 0.1) is 5.82 Å². The normalized spacial score (nSPS) is 14.8. The van der Waals surface area contributed by atoms with E-state index in [-0.39, 0.29) is 36.1 Å². The molecule has 1 unspecified atom stereocenters. The maximum Gasteiger partial charge on any atom is 0.305 e. The number of anilines is 1. The van der Waals surface area contributed by atoms with Crippen LogP contribution in [0.25, 0.3) is 22.8 Å². The molecule has 0 bridgehead atoms. The molecular formula is C24H25ClFN3O4. The van der Waals surface area contributed by atoms with E-state index in [1.807, 2.05) is 13.8 Å². The number of ether oxygens (including phenoxy) is 2. The lowest BCUT2D eigenvalue weighted by Gasteiger charge is -2.11. The molecule has 0 spiro atoms. The minimum atomic E-state index is -0.404. The Morgan fingerprint density at radius 2 is 2.15 bits per heavy atom. The first-order valence-corrected chi connectivity index (χ1v) is 11.3. The molecule has 33 heavy (non-hydrogen) atoms. The third-order valence-electron chi connectivity index (χ3n) is 5.31. The lowest BCUT2D eigenvalue weighted by Crippen LogP contribution is -2.08. The smallest absolute Gasteiger partial charge is 0.305 e. The molecule has 7 nitrogen and oxygen atoms in total. The second-order valence-corrected chi connectivity index (χ2v) is 8.48. The maximum atomic E-state index is 14.5. The van der Waals surface area contributed by atoms with Gasteiger partial charge in [0.05, 0.1) is 17.7 Å². The molecular weight excluding hydrogens is 449 g/mol. The largest absolute Gasteiger partial charge is 0.489 e. The zero-order valence-electron chi connectivity index (χ0n) is 18.7. The highest BCUT2D eigenvalue weighted by molar-refractivity contribution is 6.32. The maximum absolute atomic E-state index is 14.5. The number of benzene rings is 2. The van der Waals surface area contributed by atoms with Gasteiger partial charge >= 0.3 is 5.97 Å². The quantitative estimate of drug-likeness (QED) is 0.411. The molecule has 0 saturated heterocycles. The van der Waals surface area contributed by atoms with Crippen LogP contribution in [-0.2, 0) is 9.53 Å². The summed E-state index contributed by atoms with van der Waals surface area (Å²) in [4.78, 5) is 16.2. The Morgan fingerprint density at radius 3 is 2.88 bits per heavy atom. The van der Waals surface area contributed by atoms with Gasteiger partial charge in [-0.3, -0.25) is 4.79 Å². The van der Waals surface area contributed by atoms with Crippen LogP contribution in [0.3, 0.4) is 0 Å². The van der Waals surface area contributed by atoms with Crippen LogP contribution in [0.2, 0.25) is 5.02 Å². The Kier molecular flexibility index (Phi) is 6.83. The molecule has 3 aromatic rings. The third kappa shape index (κ3) is 5.11. The summed E-state index contributed by atoms with van der Waals surface area (Å²) in [7, 11) is 0.